The van der Waals surface area contributed by atoms with Crippen LogP contribution in [0, 0.1) is 0 Å². The average molecular weight is 366 g/mol. The third kappa shape index (κ3) is 3.52. The van der Waals surface area contributed by atoms with Gasteiger partial charge in [-0.1, -0.05) is 12.1 Å². The van der Waals surface area contributed by atoms with Crippen LogP contribution in [0.2, 0.25) is 0 Å². The zero-order valence-electron chi connectivity index (χ0n) is 14.9. The summed E-state index contributed by atoms with van der Waals surface area (Å²) in [5.74, 6) is -1.62. The summed E-state index contributed by atoms with van der Waals surface area (Å²) in [5.41, 5.74) is 1.19. The summed E-state index contributed by atoms with van der Waals surface area (Å²) in [6.07, 6.45) is 0. The predicted molar refractivity (Wildman–Crippen MR) is 100 cm³/mol. The van der Waals surface area contributed by atoms with Crippen LogP contribution in [0.15, 0.2) is 54.3 Å². The van der Waals surface area contributed by atoms with Crippen molar-refractivity contribution in [3.05, 3.63) is 59.9 Å². The van der Waals surface area contributed by atoms with Crippen LogP contribution in [0.25, 0.3) is 5.57 Å². The van der Waals surface area contributed by atoms with E-state index < -0.39 is 17.6 Å². The molecule has 3 rings (SSSR count). The molecule has 138 valence electrons. The Morgan fingerprint density at radius 1 is 1.04 bits per heavy atom. The van der Waals surface area contributed by atoms with Crippen molar-refractivity contribution in [2.45, 2.75) is 13.8 Å². The minimum Gasteiger partial charge on any atom is -0.502 e. The number of imide groups is 1. The number of aliphatic hydroxyl groups excluding tert-OH is 1. The minimum atomic E-state index is -0.787. The molecule has 1 aliphatic heterocycles. The zero-order valence-corrected chi connectivity index (χ0v) is 14.9. The third-order valence-corrected chi connectivity index (χ3v) is 3.96. The maximum absolute atomic E-state index is 12.8. The van der Waals surface area contributed by atoms with Gasteiger partial charge in [0.25, 0.3) is 5.91 Å². The molecule has 0 aliphatic carbocycles. The molecular formula is C20H18N2O5. The van der Waals surface area contributed by atoms with Gasteiger partial charge < -0.3 is 15.2 Å². The van der Waals surface area contributed by atoms with Gasteiger partial charge in [-0.3, -0.25) is 14.4 Å². The predicted octanol–water partition coefficient (Wildman–Crippen LogP) is 2.89. The molecule has 0 saturated heterocycles. The molecule has 7 nitrogen and oxygen atoms in total. The highest BCUT2D eigenvalue weighted by molar-refractivity contribution is 6.44. The van der Waals surface area contributed by atoms with Gasteiger partial charge in [-0.25, -0.2) is 4.90 Å². The number of aliphatic hydroxyl groups is 1. The zero-order chi connectivity index (χ0) is 19.6. The normalized spacial score (nSPS) is 13.9. The molecule has 0 spiro atoms. The van der Waals surface area contributed by atoms with E-state index in [2.05, 4.69) is 5.32 Å². The fourth-order valence-electron chi connectivity index (χ4n) is 2.79. The van der Waals surface area contributed by atoms with E-state index in [4.69, 9.17) is 4.74 Å². The second-order valence-electron chi connectivity index (χ2n) is 5.85. The Morgan fingerprint density at radius 2 is 1.67 bits per heavy atom. The summed E-state index contributed by atoms with van der Waals surface area (Å²) in [7, 11) is 0. The average Bonchev–Trinajstić information content (AvgIpc) is 2.86. The van der Waals surface area contributed by atoms with Gasteiger partial charge in [-0.05, 0) is 48.9 Å². The van der Waals surface area contributed by atoms with E-state index in [9.17, 15) is 19.5 Å². The van der Waals surface area contributed by atoms with Crippen LogP contribution >= 0.6 is 0 Å². The van der Waals surface area contributed by atoms with Crippen molar-refractivity contribution in [3.8, 4) is 5.75 Å². The van der Waals surface area contributed by atoms with Crippen molar-refractivity contribution in [3.63, 3.8) is 0 Å². The van der Waals surface area contributed by atoms with Gasteiger partial charge in [0, 0.05) is 12.6 Å². The van der Waals surface area contributed by atoms with E-state index in [0.29, 0.717) is 29.3 Å². The lowest BCUT2D eigenvalue weighted by molar-refractivity contribution is -0.121. The van der Waals surface area contributed by atoms with Crippen LogP contribution in [0.1, 0.15) is 19.4 Å². The molecule has 7 heteroatoms. The van der Waals surface area contributed by atoms with Crippen molar-refractivity contribution in [2.24, 2.45) is 0 Å². The molecule has 3 amide bonds. The number of amides is 3. The Labute approximate surface area is 155 Å². The Kier molecular flexibility index (Phi) is 4.94. The highest BCUT2D eigenvalue weighted by Gasteiger charge is 2.40. The lowest BCUT2D eigenvalue weighted by atomic mass is 10.1. The van der Waals surface area contributed by atoms with E-state index >= 15 is 0 Å². The number of carbonyl (C=O) groups is 3. The molecule has 0 atom stereocenters. The Hall–Kier alpha value is -3.61. The molecule has 1 aliphatic rings. The maximum atomic E-state index is 12.8. The summed E-state index contributed by atoms with van der Waals surface area (Å²) in [6, 6.07) is 12.8. The number of nitrogens with one attached hydrogen (secondary N) is 1. The standard InChI is InChI=1S/C20H18N2O5/c1-3-27-16-10-8-15(9-11-16)22-19(25)17(18(24)20(22)26)13-4-6-14(7-5-13)21-12(2)23/h4-11,24H,3H2,1-2H3,(H,21,23). The molecule has 0 radical (unpaired) electrons. The summed E-state index contributed by atoms with van der Waals surface area (Å²) in [4.78, 5) is 37.2. The van der Waals surface area contributed by atoms with Crippen LogP contribution in [-0.4, -0.2) is 29.4 Å². The SMILES string of the molecule is CCOc1ccc(N2C(=O)C(O)=C(c3ccc(NC(C)=O)cc3)C2=O)cc1. The van der Waals surface area contributed by atoms with Gasteiger partial charge in [0.1, 0.15) is 5.75 Å². The molecule has 0 fully saturated rings. The first-order chi connectivity index (χ1) is 12.9. The Bertz CT molecular complexity index is 930. The van der Waals surface area contributed by atoms with Crippen molar-refractivity contribution in [1.82, 2.24) is 0 Å². The highest BCUT2D eigenvalue weighted by Crippen LogP contribution is 2.33. The molecule has 0 aromatic heterocycles. The van der Waals surface area contributed by atoms with Crippen LogP contribution in [0.3, 0.4) is 0 Å². The van der Waals surface area contributed by atoms with Gasteiger partial charge >= 0.3 is 5.91 Å². The molecule has 1 heterocycles. The Morgan fingerprint density at radius 3 is 2.22 bits per heavy atom. The van der Waals surface area contributed by atoms with Crippen LogP contribution in [0.5, 0.6) is 5.75 Å². The summed E-state index contributed by atoms with van der Waals surface area (Å²) in [5, 5.41) is 12.9. The molecule has 2 N–H and O–H groups in total. The fraction of sp³-hybridized carbons (Fsp3) is 0.150. The van der Waals surface area contributed by atoms with E-state index in [1.54, 1.807) is 48.5 Å². The van der Waals surface area contributed by atoms with Crippen LogP contribution < -0.4 is 15.0 Å². The summed E-state index contributed by atoms with van der Waals surface area (Å²) >= 11 is 0. The monoisotopic (exact) mass is 366 g/mol. The van der Waals surface area contributed by atoms with Gasteiger partial charge in [0.05, 0.1) is 17.9 Å². The van der Waals surface area contributed by atoms with Gasteiger partial charge in [-0.2, -0.15) is 0 Å². The van der Waals surface area contributed by atoms with E-state index in [1.807, 2.05) is 6.92 Å². The van der Waals surface area contributed by atoms with Crippen molar-refractivity contribution < 1.29 is 24.2 Å². The number of carbonyl (C=O) groups excluding carboxylic acids is 3. The summed E-state index contributed by atoms with van der Waals surface area (Å²) in [6.45, 7) is 3.74. The number of anilines is 2. The van der Waals surface area contributed by atoms with Gasteiger partial charge in [-0.15, -0.1) is 0 Å². The van der Waals surface area contributed by atoms with Crippen LogP contribution in [-0.2, 0) is 14.4 Å². The van der Waals surface area contributed by atoms with E-state index in [-0.39, 0.29) is 11.5 Å². The second kappa shape index (κ2) is 7.33. The maximum Gasteiger partial charge on any atom is 0.301 e. The van der Waals surface area contributed by atoms with Crippen LogP contribution in [0.4, 0.5) is 11.4 Å². The number of rotatable bonds is 5. The number of ether oxygens (including phenoxy) is 1. The number of benzene rings is 2. The number of nitrogens with zero attached hydrogens (tertiary/aromatic N) is 1. The molecule has 0 saturated carbocycles. The lowest BCUT2D eigenvalue weighted by Gasteiger charge is -2.15. The lowest BCUT2D eigenvalue weighted by Crippen LogP contribution is -2.31. The largest absolute Gasteiger partial charge is 0.502 e. The first kappa shape index (κ1) is 18.2. The first-order valence-electron chi connectivity index (χ1n) is 8.35. The van der Waals surface area contributed by atoms with Gasteiger partial charge in [0.15, 0.2) is 5.76 Å². The minimum absolute atomic E-state index is 0.0803. The molecule has 2 aromatic rings. The van der Waals surface area contributed by atoms with Crippen molar-refractivity contribution in [2.75, 3.05) is 16.8 Å². The van der Waals surface area contributed by atoms with E-state index in [1.165, 1.54) is 6.92 Å². The molecular weight excluding hydrogens is 348 g/mol. The fourth-order valence-corrected chi connectivity index (χ4v) is 2.79. The van der Waals surface area contributed by atoms with Crippen molar-refractivity contribution in [1.29, 1.82) is 0 Å². The third-order valence-electron chi connectivity index (χ3n) is 3.96. The number of hydrogen-bond acceptors (Lipinski definition) is 5. The molecule has 0 bridgehead atoms. The second-order valence-corrected chi connectivity index (χ2v) is 5.85. The first-order valence-corrected chi connectivity index (χ1v) is 8.35. The molecule has 27 heavy (non-hydrogen) atoms. The van der Waals surface area contributed by atoms with Gasteiger partial charge in [0.2, 0.25) is 5.91 Å². The highest BCUT2D eigenvalue weighted by atomic mass is 16.5. The van der Waals surface area contributed by atoms with Crippen molar-refractivity contribution >= 4 is 34.7 Å². The summed E-state index contributed by atoms with van der Waals surface area (Å²) < 4.78 is 5.35. The number of hydrogen-bond donors (Lipinski definition) is 2. The van der Waals surface area contributed by atoms with E-state index in [0.717, 1.165) is 4.90 Å². The Balaban J connectivity index is 1.88. The molecule has 2 aromatic carbocycles. The molecule has 0 unspecified atom stereocenters. The quantitative estimate of drug-likeness (QED) is 0.793. The topological polar surface area (TPSA) is 95.9 Å². The smallest absolute Gasteiger partial charge is 0.301 e.